The van der Waals surface area contributed by atoms with E-state index in [1.165, 1.54) is 11.1 Å². The van der Waals surface area contributed by atoms with Crippen LogP contribution in [0.3, 0.4) is 0 Å². The summed E-state index contributed by atoms with van der Waals surface area (Å²) in [4.78, 5) is 10.6. The van der Waals surface area contributed by atoms with Gasteiger partial charge >= 0.3 is 5.97 Å². The Bertz CT molecular complexity index is 404. The van der Waals surface area contributed by atoms with Crippen LogP contribution >= 0.6 is 0 Å². The zero-order chi connectivity index (χ0) is 13.5. The molecule has 0 amide bonds. The lowest BCUT2D eigenvalue weighted by Gasteiger charge is -2.10. The summed E-state index contributed by atoms with van der Waals surface area (Å²) in [5, 5.41) is 11.6. The fourth-order valence-electron chi connectivity index (χ4n) is 1.47. The van der Waals surface area contributed by atoms with Gasteiger partial charge in [0.25, 0.3) is 0 Å². The number of carbonyl (C=O) groups is 1. The highest BCUT2D eigenvalue weighted by molar-refractivity contribution is 5.72. The van der Waals surface area contributed by atoms with Gasteiger partial charge in [-0.25, -0.2) is 0 Å². The van der Waals surface area contributed by atoms with Gasteiger partial charge in [0.1, 0.15) is 11.8 Å². The van der Waals surface area contributed by atoms with Crippen LogP contribution in [0, 0.1) is 13.8 Å². The molecule has 0 aliphatic rings. The minimum atomic E-state index is -0.829. The quantitative estimate of drug-likeness (QED) is 0.729. The summed E-state index contributed by atoms with van der Waals surface area (Å²) in [5.41, 5.74) is 2.46. The molecule has 0 bridgehead atoms. The average molecular weight is 251 g/mol. The van der Waals surface area contributed by atoms with Gasteiger partial charge in [-0.3, -0.25) is 4.79 Å². The fourth-order valence-corrected chi connectivity index (χ4v) is 1.47. The first-order valence-corrected chi connectivity index (χ1v) is 6.17. The molecular weight excluding hydrogens is 230 g/mol. The van der Waals surface area contributed by atoms with Crippen LogP contribution in [0.1, 0.15) is 24.5 Å². The Labute approximate surface area is 108 Å². The molecule has 0 spiro atoms. The van der Waals surface area contributed by atoms with Gasteiger partial charge in [-0.05, 0) is 57.0 Å². The Morgan fingerprint density at radius 1 is 1.39 bits per heavy atom. The van der Waals surface area contributed by atoms with Crippen molar-refractivity contribution in [3.63, 3.8) is 0 Å². The first-order chi connectivity index (χ1) is 8.50. The Morgan fingerprint density at radius 3 is 2.72 bits per heavy atom. The van der Waals surface area contributed by atoms with Gasteiger partial charge in [-0.1, -0.05) is 6.07 Å². The Morgan fingerprint density at radius 2 is 2.11 bits per heavy atom. The molecule has 4 heteroatoms. The van der Waals surface area contributed by atoms with E-state index in [2.05, 4.69) is 19.2 Å². The molecule has 18 heavy (non-hydrogen) atoms. The third-order valence-electron chi connectivity index (χ3n) is 2.89. The van der Waals surface area contributed by atoms with Crippen LogP contribution in [0.4, 0.5) is 0 Å². The number of aliphatic carboxylic acids is 1. The van der Waals surface area contributed by atoms with Crippen LogP contribution in [0.5, 0.6) is 5.75 Å². The van der Waals surface area contributed by atoms with Crippen molar-refractivity contribution in [2.24, 2.45) is 0 Å². The van der Waals surface area contributed by atoms with E-state index in [0.29, 0.717) is 13.2 Å². The minimum absolute atomic E-state index is 0.508. The topological polar surface area (TPSA) is 58.6 Å². The summed E-state index contributed by atoms with van der Waals surface area (Å²) in [6.45, 7) is 6.97. The van der Waals surface area contributed by atoms with Gasteiger partial charge < -0.3 is 15.2 Å². The van der Waals surface area contributed by atoms with Gasteiger partial charge in [0.05, 0.1) is 6.61 Å². The van der Waals surface area contributed by atoms with Crippen molar-refractivity contribution in [1.82, 2.24) is 5.32 Å². The molecule has 4 nitrogen and oxygen atoms in total. The van der Waals surface area contributed by atoms with E-state index >= 15 is 0 Å². The van der Waals surface area contributed by atoms with E-state index < -0.39 is 12.0 Å². The Balaban J connectivity index is 2.22. The SMILES string of the molecule is Cc1ccc(OCCCN[C@H](C)C(=O)O)cc1C. The first-order valence-electron chi connectivity index (χ1n) is 6.17. The summed E-state index contributed by atoms with van der Waals surface area (Å²) >= 11 is 0. The van der Waals surface area contributed by atoms with Crippen molar-refractivity contribution in [1.29, 1.82) is 0 Å². The predicted molar refractivity (Wildman–Crippen MR) is 71.1 cm³/mol. The molecule has 100 valence electrons. The van der Waals surface area contributed by atoms with Gasteiger partial charge in [-0.2, -0.15) is 0 Å². The predicted octanol–water partition coefficient (Wildman–Crippen LogP) is 2.14. The van der Waals surface area contributed by atoms with Crippen LogP contribution in [0.2, 0.25) is 0 Å². The third kappa shape index (κ3) is 4.75. The summed E-state index contributed by atoms with van der Waals surface area (Å²) < 4.78 is 5.60. The van der Waals surface area contributed by atoms with Crippen LogP contribution in [-0.4, -0.2) is 30.3 Å². The highest BCUT2D eigenvalue weighted by Crippen LogP contribution is 2.16. The minimum Gasteiger partial charge on any atom is -0.494 e. The van der Waals surface area contributed by atoms with Crippen molar-refractivity contribution < 1.29 is 14.6 Å². The third-order valence-corrected chi connectivity index (χ3v) is 2.89. The molecule has 1 aromatic carbocycles. The molecule has 0 saturated heterocycles. The lowest BCUT2D eigenvalue weighted by molar-refractivity contribution is -0.139. The Kier molecular flexibility index (Phi) is 5.65. The zero-order valence-corrected chi connectivity index (χ0v) is 11.2. The molecule has 0 aromatic heterocycles. The molecule has 0 fully saturated rings. The molecule has 1 aromatic rings. The van der Waals surface area contributed by atoms with Crippen molar-refractivity contribution in [2.45, 2.75) is 33.2 Å². The highest BCUT2D eigenvalue weighted by atomic mass is 16.5. The maximum Gasteiger partial charge on any atom is 0.320 e. The number of carboxylic acid groups (broad SMARTS) is 1. The number of hydrogen-bond acceptors (Lipinski definition) is 3. The van der Waals surface area contributed by atoms with E-state index in [0.717, 1.165) is 12.2 Å². The second kappa shape index (κ2) is 7.01. The number of ether oxygens (including phenoxy) is 1. The largest absolute Gasteiger partial charge is 0.494 e. The van der Waals surface area contributed by atoms with Crippen LogP contribution < -0.4 is 10.1 Å². The Hall–Kier alpha value is -1.55. The van der Waals surface area contributed by atoms with Gasteiger partial charge in [0, 0.05) is 0 Å². The van der Waals surface area contributed by atoms with Crippen LogP contribution in [0.15, 0.2) is 18.2 Å². The van der Waals surface area contributed by atoms with E-state index in [4.69, 9.17) is 9.84 Å². The van der Waals surface area contributed by atoms with Gasteiger partial charge in [0.2, 0.25) is 0 Å². The zero-order valence-electron chi connectivity index (χ0n) is 11.2. The maximum atomic E-state index is 10.6. The molecule has 2 N–H and O–H groups in total. The maximum absolute atomic E-state index is 10.6. The summed E-state index contributed by atoms with van der Waals surface area (Å²) in [7, 11) is 0. The van der Waals surface area contributed by atoms with E-state index in [-0.39, 0.29) is 0 Å². The van der Waals surface area contributed by atoms with E-state index in [9.17, 15) is 4.79 Å². The molecule has 1 atom stereocenters. The van der Waals surface area contributed by atoms with Gasteiger partial charge in [-0.15, -0.1) is 0 Å². The molecule has 0 unspecified atom stereocenters. The lowest BCUT2D eigenvalue weighted by Crippen LogP contribution is -2.34. The van der Waals surface area contributed by atoms with E-state index in [1.54, 1.807) is 6.92 Å². The number of benzene rings is 1. The monoisotopic (exact) mass is 251 g/mol. The van der Waals surface area contributed by atoms with Crippen molar-refractivity contribution in [3.05, 3.63) is 29.3 Å². The number of rotatable bonds is 7. The van der Waals surface area contributed by atoms with Crippen molar-refractivity contribution in [3.8, 4) is 5.75 Å². The average Bonchev–Trinajstić information content (AvgIpc) is 2.32. The van der Waals surface area contributed by atoms with E-state index in [1.807, 2.05) is 18.2 Å². The number of nitrogens with one attached hydrogen (secondary N) is 1. The molecule has 0 aliphatic heterocycles. The van der Waals surface area contributed by atoms with Crippen LogP contribution in [-0.2, 0) is 4.79 Å². The smallest absolute Gasteiger partial charge is 0.320 e. The summed E-state index contributed by atoms with van der Waals surface area (Å²) in [6, 6.07) is 5.50. The lowest BCUT2D eigenvalue weighted by atomic mass is 10.1. The second-order valence-electron chi connectivity index (χ2n) is 4.46. The van der Waals surface area contributed by atoms with Crippen LogP contribution in [0.25, 0.3) is 0 Å². The first kappa shape index (κ1) is 14.5. The normalized spacial score (nSPS) is 12.2. The fraction of sp³-hybridized carbons (Fsp3) is 0.500. The van der Waals surface area contributed by atoms with Crippen molar-refractivity contribution >= 4 is 5.97 Å². The second-order valence-corrected chi connectivity index (χ2v) is 4.46. The standard InChI is InChI=1S/C14H21NO3/c1-10-5-6-13(9-11(10)2)18-8-4-7-15-12(3)14(16)17/h5-6,9,12,15H,4,7-8H2,1-3H3,(H,16,17)/t12-/m1/s1. The molecule has 1 rings (SSSR count). The number of carboxylic acids is 1. The summed E-state index contributed by atoms with van der Waals surface area (Å²) in [6.07, 6.45) is 0.782. The highest BCUT2D eigenvalue weighted by Gasteiger charge is 2.08. The molecule has 0 radical (unpaired) electrons. The molecule has 0 saturated carbocycles. The van der Waals surface area contributed by atoms with Gasteiger partial charge in [0.15, 0.2) is 0 Å². The molecule has 0 aliphatic carbocycles. The number of aryl methyl sites for hydroxylation is 2. The molecular formula is C14H21NO3. The summed E-state index contributed by atoms with van der Waals surface area (Å²) in [5.74, 6) is 0.0365. The molecule has 0 heterocycles. The van der Waals surface area contributed by atoms with Crippen molar-refractivity contribution in [2.75, 3.05) is 13.2 Å². The number of hydrogen-bond donors (Lipinski definition) is 2.